The lowest BCUT2D eigenvalue weighted by Gasteiger charge is -2.03. The molecular formula is C11H15NO4. The van der Waals surface area contributed by atoms with Gasteiger partial charge in [-0.1, -0.05) is 13.3 Å². The SMILES string of the molecule is CCCCc1ccc(OC(=O)OC)c(=O)[nH]1. The molecule has 0 aliphatic heterocycles. The van der Waals surface area contributed by atoms with Gasteiger partial charge in [0.05, 0.1) is 7.11 Å². The highest BCUT2D eigenvalue weighted by molar-refractivity contribution is 5.63. The molecule has 0 atom stereocenters. The molecule has 5 nitrogen and oxygen atoms in total. The fraction of sp³-hybridized carbons (Fsp3) is 0.455. The molecule has 0 aliphatic carbocycles. The van der Waals surface area contributed by atoms with Gasteiger partial charge < -0.3 is 14.5 Å². The number of methoxy groups -OCH3 is 1. The lowest BCUT2D eigenvalue weighted by atomic mass is 10.2. The highest BCUT2D eigenvalue weighted by Gasteiger charge is 2.07. The largest absolute Gasteiger partial charge is 0.513 e. The van der Waals surface area contributed by atoms with E-state index in [-0.39, 0.29) is 5.75 Å². The average Bonchev–Trinajstić information content (AvgIpc) is 2.29. The van der Waals surface area contributed by atoms with E-state index >= 15 is 0 Å². The number of H-pyrrole nitrogens is 1. The summed E-state index contributed by atoms with van der Waals surface area (Å²) in [6.45, 7) is 2.08. The van der Waals surface area contributed by atoms with Crippen LogP contribution >= 0.6 is 0 Å². The van der Waals surface area contributed by atoms with E-state index in [1.165, 1.54) is 13.2 Å². The molecule has 0 saturated heterocycles. The molecule has 1 aromatic rings. The molecule has 5 heteroatoms. The maximum Gasteiger partial charge on any atom is 0.513 e. The van der Waals surface area contributed by atoms with Crippen LogP contribution in [0.4, 0.5) is 4.79 Å². The zero-order valence-electron chi connectivity index (χ0n) is 9.41. The van der Waals surface area contributed by atoms with Crippen LogP contribution in [-0.2, 0) is 11.2 Å². The van der Waals surface area contributed by atoms with E-state index in [1.54, 1.807) is 6.07 Å². The van der Waals surface area contributed by atoms with Crippen LogP contribution in [0.3, 0.4) is 0 Å². The van der Waals surface area contributed by atoms with Crippen LogP contribution in [-0.4, -0.2) is 18.2 Å². The zero-order chi connectivity index (χ0) is 12.0. The molecular weight excluding hydrogens is 210 g/mol. The lowest BCUT2D eigenvalue weighted by molar-refractivity contribution is 0.121. The summed E-state index contributed by atoms with van der Waals surface area (Å²) < 4.78 is 8.94. The Bertz CT molecular complexity index is 411. The van der Waals surface area contributed by atoms with E-state index in [0.717, 1.165) is 25.0 Å². The predicted octanol–water partition coefficient (Wildman–Crippen LogP) is 1.86. The van der Waals surface area contributed by atoms with E-state index in [2.05, 4.69) is 21.4 Å². The number of aromatic amines is 1. The molecule has 1 N–H and O–H groups in total. The molecule has 0 bridgehead atoms. The zero-order valence-corrected chi connectivity index (χ0v) is 9.41. The molecule has 1 aromatic heterocycles. The number of carbonyl (C=O) groups excluding carboxylic acids is 1. The number of aryl methyl sites for hydroxylation is 1. The van der Waals surface area contributed by atoms with E-state index in [4.69, 9.17) is 0 Å². The maximum atomic E-state index is 11.5. The van der Waals surface area contributed by atoms with Gasteiger partial charge >= 0.3 is 6.16 Å². The number of pyridine rings is 1. The third-order valence-corrected chi connectivity index (χ3v) is 2.09. The smallest absolute Gasteiger partial charge is 0.437 e. The molecule has 16 heavy (non-hydrogen) atoms. The second-order valence-corrected chi connectivity index (χ2v) is 3.34. The molecule has 0 amide bonds. The van der Waals surface area contributed by atoms with Crippen LogP contribution in [0.5, 0.6) is 5.75 Å². The van der Waals surface area contributed by atoms with Crippen LogP contribution in [0.1, 0.15) is 25.5 Å². The van der Waals surface area contributed by atoms with Crippen molar-refractivity contribution < 1.29 is 14.3 Å². The van der Waals surface area contributed by atoms with Crippen molar-refractivity contribution in [3.8, 4) is 5.75 Å². The first-order valence-electron chi connectivity index (χ1n) is 5.15. The Kier molecular flexibility index (Phi) is 4.57. The lowest BCUT2D eigenvalue weighted by Crippen LogP contribution is -2.17. The van der Waals surface area contributed by atoms with Gasteiger partial charge in [0.15, 0.2) is 5.75 Å². The minimum atomic E-state index is -0.896. The third kappa shape index (κ3) is 3.42. The van der Waals surface area contributed by atoms with Crippen molar-refractivity contribution in [1.82, 2.24) is 4.98 Å². The first kappa shape index (κ1) is 12.3. The molecule has 0 fully saturated rings. The fourth-order valence-corrected chi connectivity index (χ4v) is 1.23. The summed E-state index contributed by atoms with van der Waals surface area (Å²) in [7, 11) is 1.19. The Hall–Kier alpha value is -1.78. The van der Waals surface area contributed by atoms with Crippen molar-refractivity contribution in [2.75, 3.05) is 7.11 Å². The average molecular weight is 225 g/mol. The highest BCUT2D eigenvalue weighted by atomic mass is 16.7. The molecule has 0 spiro atoms. The normalized spacial score (nSPS) is 9.88. The summed E-state index contributed by atoms with van der Waals surface area (Å²) in [4.78, 5) is 24.9. The van der Waals surface area contributed by atoms with Gasteiger partial charge in [-0.2, -0.15) is 0 Å². The molecule has 0 saturated carbocycles. The second-order valence-electron chi connectivity index (χ2n) is 3.34. The Balaban J connectivity index is 2.75. The number of unbranched alkanes of at least 4 members (excludes halogenated alkanes) is 1. The Morgan fingerprint density at radius 3 is 2.75 bits per heavy atom. The number of carbonyl (C=O) groups is 1. The predicted molar refractivity (Wildman–Crippen MR) is 58.7 cm³/mol. The first-order chi connectivity index (χ1) is 7.67. The van der Waals surface area contributed by atoms with Crippen LogP contribution in [0.2, 0.25) is 0 Å². The number of nitrogens with one attached hydrogen (secondary N) is 1. The fourth-order valence-electron chi connectivity index (χ4n) is 1.23. The molecule has 0 unspecified atom stereocenters. The van der Waals surface area contributed by atoms with Gasteiger partial charge in [-0.3, -0.25) is 4.79 Å². The Morgan fingerprint density at radius 1 is 1.44 bits per heavy atom. The Morgan fingerprint density at radius 2 is 2.19 bits per heavy atom. The van der Waals surface area contributed by atoms with Gasteiger partial charge in [0, 0.05) is 5.69 Å². The van der Waals surface area contributed by atoms with Gasteiger partial charge in [-0.05, 0) is 25.0 Å². The first-order valence-corrected chi connectivity index (χ1v) is 5.15. The van der Waals surface area contributed by atoms with Crippen molar-refractivity contribution in [2.24, 2.45) is 0 Å². The number of aromatic nitrogens is 1. The van der Waals surface area contributed by atoms with Crippen molar-refractivity contribution in [2.45, 2.75) is 26.2 Å². The molecule has 0 aromatic carbocycles. The monoisotopic (exact) mass is 225 g/mol. The van der Waals surface area contributed by atoms with Crippen molar-refractivity contribution >= 4 is 6.16 Å². The standard InChI is InChI=1S/C11H15NO4/c1-3-4-5-8-6-7-9(10(13)12-8)16-11(14)15-2/h6-7H,3-5H2,1-2H3,(H,12,13). The quantitative estimate of drug-likeness (QED) is 0.794. The van der Waals surface area contributed by atoms with Crippen LogP contribution < -0.4 is 10.3 Å². The van der Waals surface area contributed by atoms with Gasteiger partial charge in [0.2, 0.25) is 0 Å². The molecule has 0 radical (unpaired) electrons. The van der Waals surface area contributed by atoms with Gasteiger partial charge in [-0.15, -0.1) is 0 Å². The highest BCUT2D eigenvalue weighted by Crippen LogP contribution is 2.06. The van der Waals surface area contributed by atoms with E-state index in [9.17, 15) is 9.59 Å². The summed E-state index contributed by atoms with van der Waals surface area (Å²) >= 11 is 0. The summed E-state index contributed by atoms with van der Waals surface area (Å²) in [6.07, 6.45) is 1.98. The van der Waals surface area contributed by atoms with Gasteiger partial charge in [0.1, 0.15) is 0 Å². The third-order valence-electron chi connectivity index (χ3n) is 2.09. The summed E-state index contributed by atoms with van der Waals surface area (Å²) in [5, 5.41) is 0. The van der Waals surface area contributed by atoms with Gasteiger partial charge in [0.25, 0.3) is 5.56 Å². The molecule has 1 rings (SSSR count). The van der Waals surface area contributed by atoms with Crippen molar-refractivity contribution in [3.05, 3.63) is 28.2 Å². The van der Waals surface area contributed by atoms with Gasteiger partial charge in [-0.25, -0.2) is 4.79 Å². The van der Waals surface area contributed by atoms with Crippen LogP contribution in [0.15, 0.2) is 16.9 Å². The van der Waals surface area contributed by atoms with Crippen molar-refractivity contribution in [1.29, 1.82) is 0 Å². The molecule has 0 aliphatic rings. The molecule has 88 valence electrons. The number of hydrogen-bond donors (Lipinski definition) is 1. The number of hydrogen-bond acceptors (Lipinski definition) is 4. The van der Waals surface area contributed by atoms with Crippen LogP contribution in [0, 0.1) is 0 Å². The van der Waals surface area contributed by atoms with Crippen LogP contribution in [0.25, 0.3) is 0 Å². The summed E-state index contributed by atoms with van der Waals surface area (Å²) in [5.74, 6) is -0.0490. The van der Waals surface area contributed by atoms with Crippen molar-refractivity contribution in [3.63, 3.8) is 0 Å². The molecule has 1 heterocycles. The Labute approximate surface area is 93.4 Å². The van der Waals surface area contributed by atoms with E-state index < -0.39 is 11.7 Å². The number of ether oxygens (including phenoxy) is 2. The minimum Gasteiger partial charge on any atom is -0.437 e. The second kappa shape index (κ2) is 5.95. The minimum absolute atomic E-state index is 0.0490. The van der Waals surface area contributed by atoms with E-state index in [0.29, 0.717) is 0 Å². The van der Waals surface area contributed by atoms with E-state index in [1.807, 2.05) is 0 Å². The topological polar surface area (TPSA) is 68.4 Å². The maximum absolute atomic E-state index is 11.5. The number of rotatable bonds is 4. The summed E-state index contributed by atoms with van der Waals surface area (Å²) in [6, 6.07) is 3.20. The summed E-state index contributed by atoms with van der Waals surface area (Å²) in [5.41, 5.74) is 0.420.